The van der Waals surface area contributed by atoms with E-state index in [-0.39, 0.29) is 25.1 Å². The maximum absolute atomic E-state index is 13.0. The molecule has 2 aromatic heterocycles. The fraction of sp³-hybridized carbons (Fsp3) is 0.143. The monoisotopic (exact) mass is 375 g/mol. The number of hydrogen-bond acceptors (Lipinski definition) is 4. The highest BCUT2D eigenvalue weighted by Gasteiger charge is 2.18. The van der Waals surface area contributed by atoms with Gasteiger partial charge in [-0.1, -0.05) is 36.4 Å². The third-order valence-corrected chi connectivity index (χ3v) is 4.88. The first-order valence-corrected chi connectivity index (χ1v) is 9.01. The Morgan fingerprint density at radius 2 is 2.00 bits per heavy atom. The summed E-state index contributed by atoms with van der Waals surface area (Å²) in [6.07, 6.45) is 5.44. The lowest BCUT2D eigenvalue weighted by Gasteiger charge is -2.18. The molecule has 0 bridgehead atoms. The molecule has 0 fully saturated rings. The summed E-state index contributed by atoms with van der Waals surface area (Å²) in [4.78, 5) is 16.2. The molecule has 1 amide bonds. The maximum Gasteiger partial charge on any atom is 0.253 e. The van der Waals surface area contributed by atoms with Crippen LogP contribution in [-0.4, -0.2) is 32.7 Å². The SMILES string of the molecule is NCC(NC(=O)c1cccc2c(-c3cn[nH]c3)c[nH]c12)c1ccc(CO)cc1. The Morgan fingerprint density at radius 1 is 1.18 bits per heavy atom. The number of aliphatic hydroxyl groups excluding tert-OH is 1. The normalized spacial score (nSPS) is 12.2. The van der Waals surface area contributed by atoms with Gasteiger partial charge in [-0.05, 0) is 17.2 Å². The largest absolute Gasteiger partial charge is 0.392 e. The van der Waals surface area contributed by atoms with Crippen LogP contribution in [0.2, 0.25) is 0 Å². The summed E-state index contributed by atoms with van der Waals surface area (Å²) in [6.45, 7) is 0.249. The molecule has 0 saturated heterocycles. The van der Waals surface area contributed by atoms with Crippen molar-refractivity contribution in [2.45, 2.75) is 12.6 Å². The molecule has 0 aliphatic rings. The molecule has 4 aromatic rings. The summed E-state index contributed by atoms with van der Waals surface area (Å²) in [5.74, 6) is -0.201. The highest BCUT2D eigenvalue weighted by atomic mass is 16.3. The molecule has 142 valence electrons. The molecule has 0 radical (unpaired) electrons. The number of carbonyl (C=O) groups excluding carboxylic acids is 1. The van der Waals surface area contributed by atoms with Crippen LogP contribution < -0.4 is 11.1 Å². The van der Waals surface area contributed by atoms with Gasteiger partial charge in [0.2, 0.25) is 0 Å². The maximum atomic E-state index is 13.0. The number of fused-ring (bicyclic) bond motifs is 1. The summed E-state index contributed by atoms with van der Waals surface area (Å²) in [5.41, 5.74) is 10.9. The van der Waals surface area contributed by atoms with Gasteiger partial charge in [0.25, 0.3) is 5.91 Å². The van der Waals surface area contributed by atoms with Crippen molar-refractivity contribution in [2.75, 3.05) is 6.54 Å². The smallest absolute Gasteiger partial charge is 0.253 e. The highest BCUT2D eigenvalue weighted by Crippen LogP contribution is 2.30. The van der Waals surface area contributed by atoms with Crippen molar-refractivity contribution >= 4 is 16.8 Å². The summed E-state index contributed by atoms with van der Waals surface area (Å²) in [6, 6.07) is 12.7. The number of aromatic nitrogens is 3. The van der Waals surface area contributed by atoms with Crippen molar-refractivity contribution in [1.82, 2.24) is 20.5 Å². The molecule has 7 nitrogen and oxygen atoms in total. The fourth-order valence-electron chi connectivity index (χ4n) is 3.35. The lowest BCUT2D eigenvalue weighted by atomic mass is 10.0. The molecule has 1 atom stereocenters. The number of aromatic amines is 2. The number of aliphatic hydroxyl groups is 1. The molecule has 7 heteroatoms. The Hall–Kier alpha value is -3.42. The minimum absolute atomic E-state index is 0.0201. The molecule has 0 spiro atoms. The summed E-state index contributed by atoms with van der Waals surface area (Å²) >= 11 is 0. The van der Waals surface area contributed by atoms with Crippen molar-refractivity contribution in [3.05, 3.63) is 77.7 Å². The van der Waals surface area contributed by atoms with Crippen LogP contribution in [0.1, 0.15) is 27.5 Å². The van der Waals surface area contributed by atoms with E-state index in [4.69, 9.17) is 5.73 Å². The van der Waals surface area contributed by atoms with Gasteiger partial charge < -0.3 is 21.1 Å². The van der Waals surface area contributed by atoms with Crippen LogP contribution >= 0.6 is 0 Å². The van der Waals surface area contributed by atoms with Crippen molar-refractivity contribution in [1.29, 1.82) is 0 Å². The van der Waals surface area contributed by atoms with Crippen molar-refractivity contribution in [3.8, 4) is 11.1 Å². The number of hydrogen-bond donors (Lipinski definition) is 5. The third kappa shape index (κ3) is 3.28. The van der Waals surface area contributed by atoms with Gasteiger partial charge >= 0.3 is 0 Å². The van der Waals surface area contributed by atoms with E-state index in [2.05, 4.69) is 20.5 Å². The minimum atomic E-state index is -0.321. The first kappa shape index (κ1) is 18.0. The van der Waals surface area contributed by atoms with Gasteiger partial charge in [-0.25, -0.2) is 0 Å². The number of para-hydroxylation sites is 1. The number of carbonyl (C=O) groups is 1. The summed E-state index contributed by atoms with van der Waals surface area (Å²) in [5, 5.41) is 19.9. The van der Waals surface area contributed by atoms with Crippen LogP contribution in [0, 0.1) is 0 Å². The van der Waals surface area contributed by atoms with Gasteiger partial charge in [0, 0.05) is 35.5 Å². The Kier molecular flexibility index (Phi) is 4.92. The number of amides is 1. The van der Waals surface area contributed by atoms with Crippen molar-refractivity contribution in [2.24, 2.45) is 5.73 Å². The number of nitrogens with two attached hydrogens (primary N) is 1. The number of nitrogens with zero attached hydrogens (tertiary/aromatic N) is 1. The summed E-state index contributed by atoms with van der Waals surface area (Å²) < 4.78 is 0. The van der Waals surface area contributed by atoms with Gasteiger partial charge in [-0.2, -0.15) is 5.10 Å². The topological polar surface area (TPSA) is 120 Å². The highest BCUT2D eigenvalue weighted by molar-refractivity contribution is 6.09. The fourth-order valence-corrected chi connectivity index (χ4v) is 3.35. The molecule has 28 heavy (non-hydrogen) atoms. The lowest BCUT2D eigenvalue weighted by Crippen LogP contribution is -2.33. The average molecular weight is 375 g/mol. The molecule has 1 unspecified atom stereocenters. The molecule has 0 saturated carbocycles. The molecule has 0 aliphatic heterocycles. The van der Waals surface area contributed by atoms with E-state index >= 15 is 0 Å². The van der Waals surface area contributed by atoms with E-state index < -0.39 is 0 Å². The van der Waals surface area contributed by atoms with Crippen LogP contribution in [0.15, 0.2) is 61.1 Å². The Morgan fingerprint density at radius 3 is 2.68 bits per heavy atom. The van der Waals surface area contributed by atoms with E-state index in [9.17, 15) is 9.90 Å². The number of rotatable bonds is 6. The first-order chi connectivity index (χ1) is 13.7. The standard InChI is InChI=1S/C21H21N5O2/c22-8-19(14-6-4-13(12-27)5-7-14)26-21(28)17-3-1-2-16-18(11-23-20(16)17)15-9-24-25-10-15/h1-7,9-11,19,23,27H,8,12,22H2,(H,24,25)(H,26,28). The number of H-pyrrole nitrogens is 2. The van der Waals surface area contributed by atoms with Crippen LogP contribution in [0.5, 0.6) is 0 Å². The molecule has 2 heterocycles. The molecule has 4 rings (SSSR count). The Labute approximate surface area is 161 Å². The minimum Gasteiger partial charge on any atom is -0.392 e. The number of nitrogens with one attached hydrogen (secondary N) is 3. The van der Waals surface area contributed by atoms with E-state index in [0.29, 0.717) is 5.56 Å². The van der Waals surface area contributed by atoms with Gasteiger partial charge in [-0.15, -0.1) is 0 Å². The summed E-state index contributed by atoms with van der Waals surface area (Å²) in [7, 11) is 0. The van der Waals surface area contributed by atoms with Crippen molar-refractivity contribution in [3.63, 3.8) is 0 Å². The second kappa shape index (κ2) is 7.67. The van der Waals surface area contributed by atoms with Crippen LogP contribution in [0.4, 0.5) is 0 Å². The van der Waals surface area contributed by atoms with Gasteiger partial charge in [0.1, 0.15) is 0 Å². The van der Waals surface area contributed by atoms with E-state index in [1.807, 2.05) is 48.8 Å². The molecular formula is C21H21N5O2. The second-order valence-electron chi connectivity index (χ2n) is 6.58. The molecular weight excluding hydrogens is 354 g/mol. The zero-order valence-electron chi connectivity index (χ0n) is 15.1. The predicted molar refractivity (Wildman–Crippen MR) is 108 cm³/mol. The average Bonchev–Trinajstić information content (AvgIpc) is 3.41. The third-order valence-electron chi connectivity index (χ3n) is 4.88. The van der Waals surface area contributed by atoms with Gasteiger partial charge in [0.15, 0.2) is 0 Å². The van der Waals surface area contributed by atoms with E-state index in [1.165, 1.54) is 0 Å². The van der Waals surface area contributed by atoms with Crippen molar-refractivity contribution < 1.29 is 9.90 Å². The number of benzene rings is 2. The Balaban J connectivity index is 1.63. The van der Waals surface area contributed by atoms with Crippen LogP contribution in [0.3, 0.4) is 0 Å². The molecule has 2 aromatic carbocycles. The van der Waals surface area contributed by atoms with E-state index in [0.717, 1.165) is 33.2 Å². The van der Waals surface area contributed by atoms with Gasteiger partial charge in [0.05, 0.1) is 29.9 Å². The first-order valence-electron chi connectivity index (χ1n) is 9.01. The van der Waals surface area contributed by atoms with E-state index in [1.54, 1.807) is 12.3 Å². The molecule has 0 aliphatic carbocycles. The Bertz CT molecular complexity index is 1080. The zero-order valence-corrected chi connectivity index (χ0v) is 15.1. The van der Waals surface area contributed by atoms with Crippen LogP contribution in [-0.2, 0) is 6.61 Å². The molecule has 6 N–H and O–H groups in total. The van der Waals surface area contributed by atoms with Crippen LogP contribution in [0.25, 0.3) is 22.0 Å². The predicted octanol–water partition coefficient (Wildman–Crippen LogP) is 2.48. The van der Waals surface area contributed by atoms with Gasteiger partial charge in [-0.3, -0.25) is 9.89 Å². The quantitative estimate of drug-likeness (QED) is 0.355. The lowest BCUT2D eigenvalue weighted by molar-refractivity contribution is 0.0939. The second-order valence-corrected chi connectivity index (χ2v) is 6.58. The zero-order chi connectivity index (χ0) is 19.5.